The number of carbonyl (C=O) groups is 1. The molecule has 0 bridgehead atoms. The molecule has 0 saturated heterocycles. The van der Waals surface area contributed by atoms with E-state index in [1.807, 2.05) is 20.2 Å². The summed E-state index contributed by atoms with van der Waals surface area (Å²) in [6.07, 6.45) is 8.81. The molecule has 2 unspecified atom stereocenters. The minimum Gasteiger partial charge on any atom is -0.480 e. The zero-order chi connectivity index (χ0) is 15.0. The summed E-state index contributed by atoms with van der Waals surface area (Å²) >= 11 is 0. The first kappa shape index (κ1) is 14.6. The Morgan fingerprint density at radius 3 is 2.95 bits per heavy atom. The van der Waals surface area contributed by atoms with E-state index in [1.165, 1.54) is 24.2 Å². The summed E-state index contributed by atoms with van der Waals surface area (Å²) in [5.74, 6) is -0.715. The summed E-state index contributed by atoms with van der Waals surface area (Å²) in [5.41, 5.74) is 1.80. The third-order valence-electron chi connectivity index (χ3n) is 4.92. The van der Waals surface area contributed by atoms with Gasteiger partial charge in [-0.1, -0.05) is 0 Å². The molecule has 5 nitrogen and oxygen atoms in total. The smallest absolute Gasteiger partial charge is 0.323 e. The van der Waals surface area contributed by atoms with Gasteiger partial charge in [-0.15, -0.1) is 0 Å². The number of hydrogen-bond donors (Lipinski definition) is 2. The fourth-order valence-corrected chi connectivity index (χ4v) is 4.00. The zero-order valence-corrected chi connectivity index (χ0v) is 12.9. The number of hydrogen-bond acceptors (Lipinski definition) is 3. The molecule has 0 aliphatic heterocycles. The highest BCUT2D eigenvalue weighted by Crippen LogP contribution is 2.40. The lowest BCUT2D eigenvalue weighted by Crippen LogP contribution is -2.53. The molecule has 116 valence electrons. The molecular weight excluding hydrogens is 266 g/mol. The van der Waals surface area contributed by atoms with Crippen molar-refractivity contribution in [1.82, 2.24) is 14.9 Å². The largest absolute Gasteiger partial charge is 0.480 e. The fourth-order valence-electron chi connectivity index (χ4n) is 4.00. The predicted octanol–water partition coefficient (Wildman–Crippen LogP) is 2.31. The van der Waals surface area contributed by atoms with Crippen molar-refractivity contribution in [1.29, 1.82) is 0 Å². The molecule has 0 radical (unpaired) electrons. The normalized spacial score (nSPS) is 28.8. The van der Waals surface area contributed by atoms with E-state index in [9.17, 15) is 9.90 Å². The van der Waals surface area contributed by atoms with Crippen molar-refractivity contribution in [2.75, 3.05) is 0 Å². The molecule has 1 saturated carbocycles. The molecule has 0 aromatic carbocycles. The summed E-state index contributed by atoms with van der Waals surface area (Å²) in [5, 5.41) is 13.0. The van der Waals surface area contributed by atoms with Gasteiger partial charge in [-0.25, -0.2) is 4.98 Å². The van der Waals surface area contributed by atoms with Crippen LogP contribution in [0.25, 0.3) is 0 Å². The molecule has 2 aliphatic rings. The Kier molecular flexibility index (Phi) is 3.78. The topological polar surface area (TPSA) is 67.2 Å². The molecule has 0 spiro atoms. The molecule has 0 amide bonds. The van der Waals surface area contributed by atoms with Gasteiger partial charge in [0.05, 0.1) is 12.0 Å². The highest BCUT2D eigenvalue weighted by molar-refractivity contribution is 5.79. The van der Waals surface area contributed by atoms with E-state index in [0.29, 0.717) is 12.8 Å². The second kappa shape index (κ2) is 5.44. The Morgan fingerprint density at radius 1 is 1.48 bits per heavy atom. The van der Waals surface area contributed by atoms with E-state index < -0.39 is 11.5 Å². The molecule has 1 aromatic rings. The average molecular weight is 291 g/mol. The van der Waals surface area contributed by atoms with E-state index in [1.54, 1.807) is 0 Å². The number of aliphatic carboxylic acids is 1. The number of aromatic nitrogens is 2. The van der Waals surface area contributed by atoms with Crippen molar-refractivity contribution in [3.05, 3.63) is 17.7 Å². The van der Waals surface area contributed by atoms with Gasteiger partial charge >= 0.3 is 5.97 Å². The monoisotopic (exact) mass is 291 g/mol. The van der Waals surface area contributed by atoms with Crippen LogP contribution >= 0.6 is 0 Å². The number of carboxylic acid groups (broad SMARTS) is 1. The van der Waals surface area contributed by atoms with Gasteiger partial charge in [0, 0.05) is 17.8 Å². The standard InChI is InChI=1S/C16H25N3O2/c1-11(2)18-16(15(20)21)8-7-12(9-16)19-10-17-13-5-3-4-6-14(13)19/h10-12,18H,3-9H2,1-2H3,(H,20,21). The number of fused-ring (bicyclic) bond motifs is 1. The van der Waals surface area contributed by atoms with E-state index in [4.69, 9.17) is 0 Å². The van der Waals surface area contributed by atoms with Gasteiger partial charge in [0.1, 0.15) is 5.54 Å². The molecule has 2 atom stereocenters. The molecule has 2 aliphatic carbocycles. The average Bonchev–Trinajstić information content (AvgIpc) is 3.02. The number of nitrogens with zero attached hydrogens (tertiary/aromatic N) is 2. The maximum absolute atomic E-state index is 11.8. The van der Waals surface area contributed by atoms with Gasteiger partial charge < -0.3 is 9.67 Å². The Labute approximate surface area is 125 Å². The first-order chi connectivity index (χ1) is 10.0. The molecule has 1 aromatic heterocycles. The Hall–Kier alpha value is -1.36. The van der Waals surface area contributed by atoms with Crippen LogP contribution in [0.1, 0.15) is 63.4 Å². The maximum atomic E-state index is 11.8. The lowest BCUT2D eigenvalue weighted by atomic mass is 9.96. The molecule has 1 heterocycles. The van der Waals surface area contributed by atoms with Crippen LogP contribution in [-0.2, 0) is 17.6 Å². The first-order valence-electron chi connectivity index (χ1n) is 8.07. The highest BCUT2D eigenvalue weighted by Gasteiger charge is 2.46. The van der Waals surface area contributed by atoms with E-state index >= 15 is 0 Å². The first-order valence-corrected chi connectivity index (χ1v) is 8.07. The van der Waals surface area contributed by atoms with Crippen molar-refractivity contribution < 1.29 is 9.90 Å². The Balaban J connectivity index is 1.83. The van der Waals surface area contributed by atoms with Crippen LogP contribution in [0.2, 0.25) is 0 Å². The van der Waals surface area contributed by atoms with Crippen LogP contribution in [-0.4, -0.2) is 32.2 Å². The van der Waals surface area contributed by atoms with E-state index in [-0.39, 0.29) is 12.1 Å². The highest BCUT2D eigenvalue weighted by atomic mass is 16.4. The minimum absolute atomic E-state index is 0.177. The summed E-state index contributed by atoms with van der Waals surface area (Å²) in [4.78, 5) is 16.3. The second-order valence-corrected chi connectivity index (χ2v) is 6.84. The van der Waals surface area contributed by atoms with Gasteiger partial charge in [0.2, 0.25) is 0 Å². The number of nitrogens with one attached hydrogen (secondary N) is 1. The fraction of sp³-hybridized carbons (Fsp3) is 0.750. The van der Waals surface area contributed by atoms with E-state index in [0.717, 1.165) is 19.3 Å². The molecular formula is C16H25N3O2. The molecule has 21 heavy (non-hydrogen) atoms. The van der Waals surface area contributed by atoms with Gasteiger partial charge in [-0.3, -0.25) is 10.1 Å². The molecule has 3 rings (SSSR count). The summed E-state index contributed by atoms with van der Waals surface area (Å²) in [6, 6.07) is 0.443. The predicted molar refractivity (Wildman–Crippen MR) is 80.4 cm³/mol. The number of imidazole rings is 1. The van der Waals surface area contributed by atoms with Gasteiger partial charge in [0.25, 0.3) is 0 Å². The molecule has 5 heteroatoms. The van der Waals surface area contributed by atoms with Gasteiger partial charge in [-0.05, 0) is 58.8 Å². The lowest BCUT2D eigenvalue weighted by Gasteiger charge is -2.29. The van der Waals surface area contributed by atoms with E-state index in [2.05, 4.69) is 14.9 Å². The van der Waals surface area contributed by atoms with Crippen LogP contribution in [0.5, 0.6) is 0 Å². The number of rotatable bonds is 4. The second-order valence-electron chi connectivity index (χ2n) is 6.84. The van der Waals surface area contributed by atoms with Crippen molar-refractivity contribution in [2.24, 2.45) is 0 Å². The maximum Gasteiger partial charge on any atom is 0.323 e. The van der Waals surface area contributed by atoms with Crippen molar-refractivity contribution in [2.45, 2.75) is 76.4 Å². The van der Waals surface area contributed by atoms with Crippen LogP contribution < -0.4 is 5.32 Å². The van der Waals surface area contributed by atoms with Crippen LogP contribution in [0, 0.1) is 0 Å². The third-order valence-corrected chi connectivity index (χ3v) is 4.92. The zero-order valence-electron chi connectivity index (χ0n) is 12.9. The van der Waals surface area contributed by atoms with Crippen molar-refractivity contribution >= 4 is 5.97 Å². The van der Waals surface area contributed by atoms with Crippen molar-refractivity contribution in [3.8, 4) is 0 Å². The van der Waals surface area contributed by atoms with Crippen LogP contribution in [0.15, 0.2) is 6.33 Å². The SMILES string of the molecule is CC(C)NC1(C(=O)O)CCC(n2cnc3c2CCCC3)C1. The van der Waals surface area contributed by atoms with Gasteiger partial charge in [0.15, 0.2) is 0 Å². The Bertz CT molecular complexity index is 538. The summed E-state index contributed by atoms with van der Waals surface area (Å²) in [6.45, 7) is 4.02. The summed E-state index contributed by atoms with van der Waals surface area (Å²) in [7, 11) is 0. The van der Waals surface area contributed by atoms with Crippen LogP contribution in [0.4, 0.5) is 0 Å². The van der Waals surface area contributed by atoms with Crippen LogP contribution in [0.3, 0.4) is 0 Å². The third kappa shape index (κ3) is 2.59. The van der Waals surface area contributed by atoms with Gasteiger partial charge in [-0.2, -0.15) is 0 Å². The van der Waals surface area contributed by atoms with Crippen molar-refractivity contribution in [3.63, 3.8) is 0 Å². The number of aryl methyl sites for hydroxylation is 1. The summed E-state index contributed by atoms with van der Waals surface area (Å²) < 4.78 is 2.27. The quantitative estimate of drug-likeness (QED) is 0.893. The number of carboxylic acids is 1. The lowest BCUT2D eigenvalue weighted by molar-refractivity contribution is -0.145. The minimum atomic E-state index is -0.773. The molecule has 2 N–H and O–H groups in total. The Morgan fingerprint density at radius 2 is 2.24 bits per heavy atom. The molecule has 1 fully saturated rings.